The van der Waals surface area contributed by atoms with Crippen LogP contribution in [0.15, 0.2) is 12.1 Å². The highest BCUT2D eigenvalue weighted by Gasteiger charge is 2.35. The van der Waals surface area contributed by atoms with Crippen LogP contribution < -0.4 is 5.32 Å². The van der Waals surface area contributed by atoms with Crippen molar-refractivity contribution in [3.05, 3.63) is 29.3 Å². The molecular formula is C9H6F5NO. The van der Waals surface area contributed by atoms with E-state index in [0.29, 0.717) is 0 Å². The van der Waals surface area contributed by atoms with E-state index in [-0.39, 0.29) is 12.1 Å². The average Bonchev–Trinajstić information content (AvgIpc) is 2.06. The topological polar surface area (TPSA) is 29.1 Å². The summed E-state index contributed by atoms with van der Waals surface area (Å²) in [5.41, 5.74) is -2.33. The third-order valence-corrected chi connectivity index (χ3v) is 1.67. The number of benzene rings is 1. The molecule has 7 heteroatoms. The lowest BCUT2D eigenvalue weighted by Gasteiger charge is -2.11. The fourth-order valence-corrected chi connectivity index (χ4v) is 1.05. The van der Waals surface area contributed by atoms with E-state index < -0.39 is 35.0 Å². The molecule has 2 nitrogen and oxygen atoms in total. The SMILES string of the molecule is CC(=O)Nc1cc(C(F)(F)F)c(F)cc1F. The number of nitrogens with one attached hydrogen (secondary N) is 1. The van der Waals surface area contributed by atoms with E-state index >= 15 is 0 Å². The van der Waals surface area contributed by atoms with Crippen molar-refractivity contribution >= 4 is 11.6 Å². The Balaban J connectivity index is 3.27. The minimum Gasteiger partial charge on any atom is -0.324 e. The molecule has 1 amide bonds. The monoisotopic (exact) mass is 239 g/mol. The van der Waals surface area contributed by atoms with Crippen molar-refractivity contribution in [2.75, 3.05) is 5.32 Å². The minimum atomic E-state index is -4.94. The fourth-order valence-electron chi connectivity index (χ4n) is 1.05. The van der Waals surface area contributed by atoms with Crippen molar-refractivity contribution < 1.29 is 26.7 Å². The van der Waals surface area contributed by atoms with Crippen molar-refractivity contribution in [2.24, 2.45) is 0 Å². The van der Waals surface area contributed by atoms with Gasteiger partial charge in [0.05, 0.1) is 11.3 Å². The third-order valence-electron chi connectivity index (χ3n) is 1.67. The fraction of sp³-hybridized carbons (Fsp3) is 0.222. The molecular weight excluding hydrogens is 233 g/mol. The zero-order valence-corrected chi connectivity index (χ0v) is 7.95. The van der Waals surface area contributed by atoms with E-state index in [1.807, 2.05) is 5.32 Å². The van der Waals surface area contributed by atoms with Crippen LogP contribution in [0.2, 0.25) is 0 Å². The normalized spacial score (nSPS) is 11.4. The zero-order chi connectivity index (χ0) is 12.5. The molecule has 0 aliphatic heterocycles. The van der Waals surface area contributed by atoms with E-state index in [4.69, 9.17) is 0 Å². The molecule has 88 valence electrons. The number of rotatable bonds is 1. The summed E-state index contributed by atoms with van der Waals surface area (Å²) in [5, 5.41) is 1.83. The van der Waals surface area contributed by atoms with Gasteiger partial charge in [0.25, 0.3) is 0 Å². The summed E-state index contributed by atoms with van der Waals surface area (Å²) < 4.78 is 62.4. The van der Waals surface area contributed by atoms with E-state index in [1.165, 1.54) is 0 Å². The van der Waals surface area contributed by atoms with Gasteiger partial charge < -0.3 is 5.32 Å². The van der Waals surface area contributed by atoms with Gasteiger partial charge in [-0.15, -0.1) is 0 Å². The molecule has 0 aromatic heterocycles. The quantitative estimate of drug-likeness (QED) is 0.750. The number of carbonyl (C=O) groups is 1. The molecule has 1 aromatic carbocycles. The molecule has 0 radical (unpaired) electrons. The Morgan fingerprint density at radius 3 is 2.19 bits per heavy atom. The van der Waals surface area contributed by atoms with Crippen LogP contribution in [0.3, 0.4) is 0 Å². The van der Waals surface area contributed by atoms with Crippen LogP contribution in [0, 0.1) is 11.6 Å². The lowest BCUT2D eigenvalue weighted by Crippen LogP contribution is -2.13. The summed E-state index contributed by atoms with van der Waals surface area (Å²) >= 11 is 0. The van der Waals surface area contributed by atoms with Gasteiger partial charge in [0.2, 0.25) is 5.91 Å². The van der Waals surface area contributed by atoms with E-state index in [2.05, 4.69) is 0 Å². The maximum Gasteiger partial charge on any atom is 0.419 e. The number of anilines is 1. The van der Waals surface area contributed by atoms with Gasteiger partial charge in [-0.2, -0.15) is 13.2 Å². The second-order valence-electron chi connectivity index (χ2n) is 2.99. The van der Waals surface area contributed by atoms with Crippen molar-refractivity contribution in [1.82, 2.24) is 0 Å². The summed E-state index contributed by atoms with van der Waals surface area (Å²) in [6.45, 7) is 0.996. The van der Waals surface area contributed by atoms with Crippen molar-refractivity contribution in [3.63, 3.8) is 0 Å². The van der Waals surface area contributed by atoms with E-state index in [1.54, 1.807) is 0 Å². The Morgan fingerprint density at radius 1 is 1.19 bits per heavy atom. The van der Waals surface area contributed by atoms with Gasteiger partial charge in [0.15, 0.2) is 0 Å². The van der Waals surface area contributed by atoms with Gasteiger partial charge in [-0.05, 0) is 6.07 Å². The first-order chi connectivity index (χ1) is 7.21. The first-order valence-corrected chi connectivity index (χ1v) is 4.05. The second kappa shape index (κ2) is 4.07. The van der Waals surface area contributed by atoms with Crippen LogP contribution in [-0.2, 0) is 11.0 Å². The largest absolute Gasteiger partial charge is 0.419 e. The van der Waals surface area contributed by atoms with Crippen LogP contribution in [0.1, 0.15) is 12.5 Å². The number of amides is 1. The van der Waals surface area contributed by atoms with Crippen LogP contribution in [0.25, 0.3) is 0 Å². The molecule has 0 heterocycles. The van der Waals surface area contributed by atoms with Crippen molar-refractivity contribution in [2.45, 2.75) is 13.1 Å². The lowest BCUT2D eigenvalue weighted by atomic mass is 10.1. The molecule has 16 heavy (non-hydrogen) atoms. The Hall–Kier alpha value is -1.66. The van der Waals surface area contributed by atoms with Gasteiger partial charge in [0, 0.05) is 13.0 Å². The number of carbonyl (C=O) groups excluding carboxylic acids is 1. The molecule has 0 bridgehead atoms. The highest BCUT2D eigenvalue weighted by atomic mass is 19.4. The predicted octanol–water partition coefficient (Wildman–Crippen LogP) is 2.94. The summed E-state index contributed by atoms with van der Waals surface area (Å²) in [7, 11) is 0. The molecule has 0 aliphatic rings. The summed E-state index contributed by atoms with van der Waals surface area (Å²) in [4.78, 5) is 10.6. The predicted molar refractivity (Wildman–Crippen MR) is 45.7 cm³/mol. The molecule has 0 saturated heterocycles. The molecule has 1 aromatic rings. The van der Waals surface area contributed by atoms with Gasteiger partial charge in [-0.3, -0.25) is 4.79 Å². The van der Waals surface area contributed by atoms with Crippen molar-refractivity contribution in [1.29, 1.82) is 0 Å². The number of hydrogen-bond acceptors (Lipinski definition) is 1. The Kier molecular flexibility index (Phi) is 3.16. The van der Waals surface area contributed by atoms with Crippen LogP contribution in [0.5, 0.6) is 0 Å². The first kappa shape index (κ1) is 12.4. The second-order valence-corrected chi connectivity index (χ2v) is 2.99. The highest BCUT2D eigenvalue weighted by Crippen LogP contribution is 2.34. The van der Waals surface area contributed by atoms with E-state index in [0.717, 1.165) is 6.92 Å². The molecule has 0 spiro atoms. The van der Waals surface area contributed by atoms with Crippen LogP contribution >= 0.6 is 0 Å². The molecule has 0 atom stereocenters. The van der Waals surface area contributed by atoms with Crippen LogP contribution in [-0.4, -0.2) is 5.91 Å². The molecule has 1 N–H and O–H groups in total. The maximum absolute atomic E-state index is 13.0. The molecule has 0 aliphatic carbocycles. The molecule has 0 unspecified atom stereocenters. The third kappa shape index (κ3) is 2.68. The zero-order valence-electron chi connectivity index (χ0n) is 7.95. The summed E-state index contributed by atoms with van der Waals surface area (Å²) in [5.74, 6) is -3.74. The Morgan fingerprint density at radius 2 is 1.75 bits per heavy atom. The minimum absolute atomic E-state index is 0.0775. The Labute approximate surface area is 87.1 Å². The lowest BCUT2D eigenvalue weighted by molar-refractivity contribution is -0.140. The molecule has 0 saturated carbocycles. The maximum atomic E-state index is 13.0. The number of hydrogen-bond donors (Lipinski definition) is 1. The highest BCUT2D eigenvalue weighted by molar-refractivity contribution is 5.88. The standard InChI is InChI=1S/C9H6F5NO/c1-4(16)15-8-2-5(9(12,13)14)6(10)3-7(8)11/h2-3H,1H3,(H,15,16). The average molecular weight is 239 g/mol. The number of halogens is 5. The van der Waals surface area contributed by atoms with E-state index in [9.17, 15) is 26.7 Å². The van der Waals surface area contributed by atoms with Gasteiger partial charge in [0.1, 0.15) is 11.6 Å². The van der Waals surface area contributed by atoms with Gasteiger partial charge in [-0.25, -0.2) is 8.78 Å². The first-order valence-electron chi connectivity index (χ1n) is 4.05. The van der Waals surface area contributed by atoms with Gasteiger partial charge >= 0.3 is 6.18 Å². The van der Waals surface area contributed by atoms with Crippen LogP contribution in [0.4, 0.5) is 27.6 Å². The molecule has 1 rings (SSSR count). The Bertz CT molecular complexity index is 427. The smallest absolute Gasteiger partial charge is 0.324 e. The molecule has 0 fully saturated rings. The van der Waals surface area contributed by atoms with Gasteiger partial charge in [-0.1, -0.05) is 0 Å². The summed E-state index contributed by atoms with van der Waals surface area (Å²) in [6.07, 6.45) is -4.94. The number of alkyl halides is 3. The van der Waals surface area contributed by atoms with Crippen molar-refractivity contribution in [3.8, 4) is 0 Å². The summed E-state index contributed by atoms with van der Waals surface area (Å²) in [6, 6.07) is 0.292.